The summed E-state index contributed by atoms with van der Waals surface area (Å²) in [6, 6.07) is 19.5. The summed E-state index contributed by atoms with van der Waals surface area (Å²) >= 11 is 1.63. The molecule has 5 rings (SSSR count). The van der Waals surface area contributed by atoms with Crippen LogP contribution in [0.3, 0.4) is 0 Å². The van der Waals surface area contributed by atoms with Gasteiger partial charge in [0.05, 0.1) is 7.11 Å². The van der Waals surface area contributed by atoms with Crippen molar-refractivity contribution in [2.45, 2.75) is 26.4 Å². The monoisotopic (exact) mass is 502 g/mol. The van der Waals surface area contributed by atoms with Gasteiger partial charge in [0, 0.05) is 43.3 Å². The number of benzene rings is 2. The maximum Gasteiger partial charge on any atom is 0.322 e. The quantitative estimate of drug-likeness (QED) is 0.395. The van der Waals surface area contributed by atoms with Crippen molar-refractivity contribution in [3.8, 4) is 5.75 Å². The Labute approximate surface area is 214 Å². The van der Waals surface area contributed by atoms with Crippen molar-refractivity contribution in [1.82, 2.24) is 14.4 Å². The Balaban J connectivity index is 1.32. The van der Waals surface area contributed by atoms with E-state index in [4.69, 9.17) is 4.74 Å². The van der Waals surface area contributed by atoms with Crippen LogP contribution in [0.25, 0.3) is 10.2 Å². The van der Waals surface area contributed by atoms with Crippen LogP contribution in [0.15, 0.2) is 66.0 Å². The molecular weight excluding hydrogens is 472 g/mol. The number of ether oxygens (including phenoxy) is 1. The molecule has 0 spiro atoms. The molecule has 4 aromatic rings. The van der Waals surface area contributed by atoms with E-state index < -0.39 is 0 Å². The van der Waals surface area contributed by atoms with Gasteiger partial charge in [0.1, 0.15) is 16.3 Å². The number of aryl methyl sites for hydroxylation is 1. The van der Waals surface area contributed by atoms with E-state index >= 15 is 0 Å². The highest BCUT2D eigenvalue weighted by Gasteiger charge is 2.32. The van der Waals surface area contributed by atoms with E-state index in [1.54, 1.807) is 23.3 Å². The van der Waals surface area contributed by atoms with Gasteiger partial charge in [-0.2, -0.15) is 0 Å². The number of fused-ring (bicyclic) bond motifs is 1. The zero-order valence-corrected chi connectivity index (χ0v) is 21.5. The van der Waals surface area contributed by atoms with E-state index in [0.29, 0.717) is 31.9 Å². The number of thiophene rings is 1. The van der Waals surface area contributed by atoms with E-state index in [1.807, 2.05) is 73.3 Å². The summed E-state index contributed by atoms with van der Waals surface area (Å²) < 4.78 is 7.48. The molecule has 2 aromatic carbocycles. The van der Waals surface area contributed by atoms with Crippen LogP contribution in [-0.2, 0) is 6.54 Å². The topological polar surface area (TPSA) is 66.8 Å². The maximum atomic E-state index is 13.7. The number of nitrogens with zero attached hydrogens (tertiary/aromatic N) is 3. The van der Waals surface area contributed by atoms with Crippen LogP contribution in [0.2, 0.25) is 0 Å². The van der Waals surface area contributed by atoms with E-state index in [9.17, 15) is 9.59 Å². The lowest BCUT2D eigenvalue weighted by Gasteiger charge is -2.39. The van der Waals surface area contributed by atoms with Gasteiger partial charge in [-0.1, -0.05) is 24.3 Å². The summed E-state index contributed by atoms with van der Waals surface area (Å²) in [7, 11) is 1.66. The van der Waals surface area contributed by atoms with Gasteiger partial charge in [-0.3, -0.25) is 4.79 Å². The number of carbonyl (C=O) groups is 2. The van der Waals surface area contributed by atoms with Crippen molar-refractivity contribution < 1.29 is 14.3 Å². The minimum atomic E-state index is -0.137. The zero-order valence-electron chi connectivity index (χ0n) is 20.7. The standard InChI is InChI=1S/C28H30N4O3S/c1-19-6-4-8-23(14-19)29-28(34)31-12-11-30(17-20(31)2)26(33)25-16-22-10-13-36-27(22)32(25)18-21-7-5-9-24(15-21)35-3/h4-10,13-16,20H,11-12,17-18H2,1-3H3,(H,29,34). The highest BCUT2D eigenvalue weighted by molar-refractivity contribution is 7.16. The molecule has 0 aliphatic carbocycles. The first kappa shape index (κ1) is 23.9. The van der Waals surface area contributed by atoms with Crippen LogP contribution in [-0.4, -0.2) is 59.1 Å². The molecule has 36 heavy (non-hydrogen) atoms. The largest absolute Gasteiger partial charge is 0.497 e. The fourth-order valence-electron chi connectivity index (χ4n) is 4.79. The van der Waals surface area contributed by atoms with Gasteiger partial charge in [-0.25, -0.2) is 4.79 Å². The average Bonchev–Trinajstić information content (AvgIpc) is 3.46. The third-order valence-corrected chi connectivity index (χ3v) is 7.59. The molecule has 0 bridgehead atoms. The van der Waals surface area contributed by atoms with Gasteiger partial charge in [0.2, 0.25) is 0 Å². The lowest BCUT2D eigenvalue weighted by molar-refractivity contribution is 0.0583. The number of hydrogen-bond acceptors (Lipinski definition) is 4. The molecule has 8 heteroatoms. The molecule has 1 saturated heterocycles. The Morgan fingerprint density at radius 1 is 1.08 bits per heavy atom. The molecule has 7 nitrogen and oxygen atoms in total. The summed E-state index contributed by atoms with van der Waals surface area (Å²) in [5, 5.41) is 6.10. The highest BCUT2D eigenvalue weighted by Crippen LogP contribution is 2.28. The molecular formula is C28H30N4O3S. The summed E-state index contributed by atoms with van der Waals surface area (Å²) in [4.78, 5) is 31.4. The number of urea groups is 1. The second kappa shape index (κ2) is 10.1. The van der Waals surface area contributed by atoms with Gasteiger partial charge in [-0.05, 0) is 66.8 Å². The first-order chi connectivity index (χ1) is 17.4. The molecule has 3 amide bonds. The van der Waals surface area contributed by atoms with Crippen LogP contribution in [0.4, 0.5) is 10.5 Å². The predicted molar refractivity (Wildman–Crippen MR) is 144 cm³/mol. The Morgan fingerprint density at radius 3 is 2.69 bits per heavy atom. The lowest BCUT2D eigenvalue weighted by Crippen LogP contribution is -2.56. The third-order valence-electron chi connectivity index (χ3n) is 6.64. The highest BCUT2D eigenvalue weighted by atomic mass is 32.1. The molecule has 1 aliphatic heterocycles. The Morgan fingerprint density at radius 2 is 1.92 bits per heavy atom. The van der Waals surface area contributed by atoms with Crippen molar-refractivity contribution in [1.29, 1.82) is 0 Å². The number of nitrogens with one attached hydrogen (secondary N) is 1. The number of methoxy groups -OCH3 is 1. The first-order valence-electron chi connectivity index (χ1n) is 12.1. The van der Waals surface area contributed by atoms with Crippen molar-refractivity contribution in [2.75, 3.05) is 32.1 Å². The maximum absolute atomic E-state index is 13.7. The minimum Gasteiger partial charge on any atom is -0.497 e. The molecule has 3 heterocycles. The lowest BCUT2D eigenvalue weighted by atomic mass is 10.1. The molecule has 1 atom stereocenters. The number of anilines is 1. The fourth-order valence-corrected chi connectivity index (χ4v) is 5.68. The van der Waals surface area contributed by atoms with Gasteiger partial charge in [-0.15, -0.1) is 11.3 Å². The molecule has 1 unspecified atom stereocenters. The molecule has 0 radical (unpaired) electrons. The number of amides is 3. The molecule has 1 N–H and O–H groups in total. The second-order valence-electron chi connectivity index (χ2n) is 9.24. The molecule has 0 saturated carbocycles. The Bertz CT molecular complexity index is 1410. The Kier molecular flexibility index (Phi) is 6.69. The SMILES string of the molecule is COc1cccc(Cn2c(C(=O)N3CCN(C(=O)Nc4cccc(C)c4)C(C)C3)cc3ccsc32)c1. The van der Waals surface area contributed by atoms with Crippen LogP contribution >= 0.6 is 11.3 Å². The van der Waals surface area contributed by atoms with Crippen LogP contribution in [0.5, 0.6) is 5.75 Å². The predicted octanol–water partition coefficient (Wildman–Crippen LogP) is 5.45. The van der Waals surface area contributed by atoms with Crippen molar-refractivity contribution in [3.63, 3.8) is 0 Å². The van der Waals surface area contributed by atoms with Crippen LogP contribution in [0.1, 0.15) is 28.5 Å². The van der Waals surface area contributed by atoms with Gasteiger partial charge >= 0.3 is 6.03 Å². The number of hydrogen-bond donors (Lipinski definition) is 1. The molecule has 1 fully saturated rings. The average molecular weight is 503 g/mol. The van der Waals surface area contributed by atoms with E-state index in [0.717, 1.165) is 32.8 Å². The van der Waals surface area contributed by atoms with Crippen molar-refractivity contribution in [2.24, 2.45) is 0 Å². The minimum absolute atomic E-state index is 0.00751. The number of aromatic nitrogens is 1. The van der Waals surface area contributed by atoms with Gasteiger partial charge in [0.25, 0.3) is 5.91 Å². The van der Waals surface area contributed by atoms with E-state index in [-0.39, 0.29) is 18.0 Å². The molecule has 2 aromatic heterocycles. The number of piperazine rings is 1. The van der Waals surface area contributed by atoms with Crippen molar-refractivity contribution >= 4 is 39.2 Å². The van der Waals surface area contributed by atoms with Crippen molar-refractivity contribution in [3.05, 3.63) is 82.9 Å². The summed E-state index contributed by atoms with van der Waals surface area (Å²) in [5.74, 6) is 0.788. The summed E-state index contributed by atoms with van der Waals surface area (Å²) in [5.41, 5.74) is 3.61. The zero-order chi connectivity index (χ0) is 25.2. The van der Waals surface area contributed by atoms with Crippen LogP contribution < -0.4 is 10.1 Å². The number of rotatable bonds is 5. The molecule has 186 valence electrons. The normalized spacial score (nSPS) is 15.8. The smallest absolute Gasteiger partial charge is 0.322 e. The second-order valence-corrected chi connectivity index (χ2v) is 10.1. The first-order valence-corrected chi connectivity index (χ1v) is 12.9. The van der Waals surface area contributed by atoms with E-state index in [2.05, 4.69) is 21.3 Å². The summed E-state index contributed by atoms with van der Waals surface area (Å²) in [6.45, 7) is 6.02. The Hall–Kier alpha value is -3.78. The third kappa shape index (κ3) is 4.81. The van der Waals surface area contributed by atoms with Gasteiger partial charge in [0.15, 0.2) is 0 Å². The molecule has 1 aliphatic rings. The summed E-state index contributed by atoms with van der Waals surface area (Å²) in [6.07, 6.45) is 0. The van der Waals surface area contributed by atoms with Crippen LogP contribution in [0, 0.1) is 6.92 Å². The number of carbonyl (C=O) groups excluding carboxylic acids is 2. The van der Waals surface area contributed by atoms with Gasteiger partial charge < -0.3 is 24.4 Å². The fraction of sp³-hybridized carbons (Fsp3) is 0.286. The van der Waals surface area contributed by atoms with E-state index in [1.165, 1.54) is 0 Å².